The fourth-order valence-electron chi connectivity index (χ4n) is 4.13. The van der Waals surface area contributed by atoms with E-state index >= 15 is 0 Å². The minimum Gasteiger partial charge on any atom is -0.368 e. The lowest BCUT2D eigenvalue weighted by Gasteiger charge is -2.36. The zero-order valence-corrected chi connectivity index (χ0v) is 15.4. The summed E-state index contributed by atoms with van der Waals surface area (Å²) in [6.07, 6.45) is 5.67. The van der Waals surface area contributed by atoms with Gasteiger partial charge in [0, 0.05) is 35.5 Å². The molecular weight excluding hydrogens is 334 g/mol. The summed E-state index contributed by atoms with van der Waals surface area (Å²) in [7, 11) is 0. The second-order valence-corrected chi connectivity index (χ2v) is 7.35. The van der Waals surface area contributed by atoms with Crippen LogP contribution in [0, 0.1) is 0 Å². The summed E-state index contributed by atoms with van der Waals surface area (Å²) in [5.74, 6) is 0.755. The predicted octanol–water partition coefficient (Wildman–Crippen LogP) is 5.23. The molecule has 4 aromatic rings. The van der Waals surface area contributed by atoms with Crippen molar-refractivity contribution in [3.63, 3.8) is 0 Å². The fraction of sp³-hybridized carbons (Fsp3) is 0.273. The zero-order valence-electron chi connectivity index (χ0n) is 15.4. The number of H-pyrrole nitrogens is 1. The Bertz CT molecular complexity index is 1100. The summed E-state index contributed by atoms with van der Waals surface area (Å²) < 4.78 is 0. The lowest BCUT2D eigenvalue weighted by Crippen LogP contribution is -2.37. The molecule has 5 heteroatoms. The molecule has 1 unspecified atom stereocenters. The quantitative estimate of drug-likeness (QED) is 0.527. The average molecular weight is 357 g/mol. The highest BCUT2D eigenvalue weighted by Gasteiger charge is 2.20. The monoisotopic (exact) mass is 357 g/mol. The van der Waals surface area contributed by atoms with Gasteiger partial charge < -0.3 is 10.2 Å². The topological polar surface area (TPSA) is 56.8 Å². The number of anilines is 3. The van der Waals surface area contributed by atoms with Gasteiger partial charge in [-0.2, -0.15) is 5.10 Å². The van der Waals surface area contributed by atoms with Crippen molar-refractivity contribution in [1.82, 2.24) is 15.2 Å². The summed E-state index contributed by atoms with van der Waals surface area (Å²) in [5, 5.41) is 13.3. The van der Waals surface area contributed by atoms with Crippen LogP contribution in [0.2, 0.25) is 0 Å². The van der Waals surface area contributed by atoms with Crippen LogP contribution in [0.15, 0.2) is 54.7 Å². The van der Waals surface area contributed by atoms with E-state index in [1.807, 2.05) is 12.1 Å². The predicted molar refractivity (Wildman–Crippen MR) is 112 cm³/mol. The summed E-state index contributed by atoms with van der Waals surface area (Å²) in [4.78, 5) is 6.98. The number of nitrogens with zero attached hydrogens (tertiary/aromatic N) is 3. The molecule has 0 bridgehead atoms. The number of aromatic amines is 1. The minimum atomic E-state index is 0.601. The molecule has 5 rings (SSSR count). The maximum absolute atomic E-state index is 4.42. The second kappa shape index (κ2) is 6.58. The summed E-state index contributed by atoms with van der Waals surface area (Å²) in [6.45, 7) is 3.48. The SMILES string of the molecule is CC1CCCCN1c1cccc2cc(Nc3n[nH]c4cccnc34)ccc12. The Morgan fingerprint density at radius 1 is 1.11 bits per heavy atom. The van der Waals surface area contributed by atoms with Gasteiger partial charge in [0.1, 0.15) is 5.52 Å². The molecule has 1 fully saturated rings. The highest BCUT2D eigenvalue weighted by Crippen LogP contribution is 2.33. The van der Waals surface area contributed by atoms with Crippen LogP contribution < -0.4 is 10.2 Å². The van der Waals surface area contributed by atoms with E-state index in [0.717, 1.165) is 29.1 Å². The van der Waals surface area contributed by atoms with Gasteiger partial charge in [0.2, 0.25) is 0 Å². The Hall–Kier alpha value is -3.08. The Kier molecular flexibility index (Phi) is 3.93. The van der Waals surface area contributed by atoms with Crippen molar-refractivity contribution in [2.45, 2.75) is 32.2 Å². The molecule has 2 N–H and O–H groups in total. The number of pyridine rings is 1. The maximum Gasteiger partial charge on any atom is 0.178 e. The lowest BCUT2D eigenvalue weighted by molar-refractivity contribution is 0.486. The highest BCUT2D eigenvalue weighted by molar-refractivity contribution is 5.97. The van der Waals surface area contributed by atoms with Crippen LogP contribution >= 0.6 is 0 Å². The highest BCUT2D eigenvalue weighted by atomic mass is 15.2. The smallest absolute Gasteiger partial charge is 0.178 e. The van der Waals surface area contributed by atoms with E-state index in [1.165, 1.54) is 35.7 Å². The summed E-state index contributed by atoms with van der Waals surface area (Å²) in [6, 6.07) is 17.6. The first-order chi connectivity index (χ1) is 13.3. The van der Waals surface area contributed by atoms with Crippen LogP contribution in [-0.2, 0) is 0 Å². The molecule has 2 aromatic carbocycles. The third kappa shape index (κ3) is 2.89. The van der Waals surface area contributed by atoms with E-state index in [1.54, 1.807) is 6.20 Å². The van der Waals surface area contributed by atoms with Gasteiger partial charge in [0.05, 0.1) is 5.52 Å². The fourth-order valence-corrected chi connectivity index (χ4v) is 4.13. The molecule has 0 radical (unpaired) electrons. The Morgan fingerprint density at radius 2 is 2.07 bits per heavy atom. The molecule has 5 nitrogen and oxygen atoms in total. The van der Waals surface area contributed by atoms with Crippen LogP contribution in [0.4, 0.5) is 17.2 Å². The molecule has 2 aromatic heterocycles. The number of nitrogens with one attached hydrogen (secondary N) is 2. The molecule has 1 aliphatic heterocycles. The van der Waals surface area contributed by atoms with Gasteiger partial charge in [-0.15, -0.1) is 0 Å². The maximum atomic E-state index is 4.42. The lowest BCUT2D eigenvalue weighted by atomic mass is 10.00. The first kappa shape index (κ1) is 16.1. The van der Waals surface area contributed by atoms with E-state index in [0.29, 0.717) is 6.04 Å². The normalized spacial score (nSPS) is 17.5. The molecular formula is C22H23N5. The first-order valence-corrected chi connectivity index (χ1v) is 9.65. The van der Waals surface area contributed by atoms with Crippen molar-refractivity contribution in [1.29, 1.82) is 0 Å². The van der Waals surface area contributed by atoms with Crippen LogP contribution in [0.5, 0.6) is 0 Å². The van der Waals surface area contributed by atoms with Gasteiger partial charge in [-0.05, 0) is 61.9 Å². The van der Waals surface area contributed by atoms with Gasteiger partial charge in [0.25, 0.3) is 0 Å². The molecule has 0 saturated carbocycles. The van der Waals surface area contributed by atoms with Crippen molar-refractivity contribution >= 4 is 39.0 Å². The number of benzene rings is 2. The van der Waals surface area contributed by atoms with E-state index in [2.05, 4.69) is 68.7 Å². The van der Waals surface area contributed by atoms with Gasteiger partial charge in [-0.3, -0.25) is 10.1 Å². The van der Waals surface area contributed by atoms with E-state index in [4.69, 9.17) is 0 Å². The number of hydrogen-bond donors (Lipinski definition) is 2. The van der Waals surface area contributed by atoms with Crippen LogP contribution in [0.3, 0.4) is 0 Å². The number of aromatic nitrogens is 3. The van der Waals surface area contributed by atoms with Gasteiger partial charge in [0.15, 0.2) is 5.82 Å². The third-order valence-electron chi connectivity index (χ3n) is 5.55. The van der Waals surface area contributed by atoms with Crippen molar-refractivity contribution in [2.75, 3.05) is 16.8 Å². The minimum absolute atomic E-state index is 0.601. The van der Waals surface area contributed by atoms with E-state index < -0.39 is 0 Å². The van der Waals surface area contributed by atoms with Crippen molar-refractivity contribution in [2.24, 2.45) is 0 Å². The Morgan fingerprint density at radius 3 is 3.00 bits per heavy atom. The molecule has 3 heterocycles. The van der Waals surface area contributed by atoms with Gasteiger partial charge >= 0.3 is 0 Å². The molecule has 0 aliphatic carbocycles. The van der Waals surface area contributed by atoms with Crippen molar-refractivity contribution in [3.05, 3.63) is 54.7 Å². The van der Waals surface area contributed by atoms with Crippen LogP contribution in [-0.4, -0.2) is 27.8 Å². The molecule has 0 amide bonds. The molecule has 27 heavy (non-hydrogen) atoms. The average Bonchev–Trinajstić information content (AvgIpc) is 3.11. The molecule has 1 aliphatic rings. The standard InChI is InChI=1S/C22H23N5/c1-15-6-2-3-13-27(15)20-9-4-7-16-14-17(10-11-18(16)20)24-22-21-19(25-26-22)8-5-12-23-21/h4-5,7-12,14-15H,2-3,6,13H2,1H3,(H2,24,25,26). The third-order valence-corrected chi connectivity index (χ3v) is 5.55. The van der Waals surface area contributed by atoms with Crippen LogP contribution in [0.1, 0.15) is 26.2 Å². The van der Waals surface area contributed by atoms with E-state index in [-0.39, 0.29) is 0 Å². The molecule has 1 saturated heterocycles. The largest absolute Gasteiger partial charge is 0.368 e. The summed E-state index contributed by atoms with van der Waals surface area (Å²) >= 11 is 0. The number of hydrogen-bond acceptors (Lipinski definition) is 4. The van der Waals surface area contributed by atoms with Gasteiger partial charge in [-0.25, -0.2) is 0 Å². The first-order valence-electron chi connectivity index (χ1n) is 9.65. The number of piperidine rings is 1. The van der Waals surface area contributed by atoms with Crippen LogP contribution in [0.25, 0.3) is 21.8 Å². The molecule has 1 atom stereocenters. The molecule has 136 valence electrons. The zero-order chi connectivity index (χ0) is 18.2. The number of rotatable bonds is 3. The van der Waals surface area contributed by atoms with Gasteiger partial charge in [-0.1, -0.05) is 18.2 Å². The number of fused-ring (bicyclic) bond motifs is 2. The Balaban J connectivity index is 1.51. The summed E-state index contributed by atoms with van der Waals surface area (Å²) in [5.41, 5.74) is 4.15. The molecule has 0 spiro atoms. The Labute approximate surface area is 158 Å². The van der Waals surface area contributed by atoms with Crippen molar-refractivity contribution in [3.8, 4) is 0 Å². The van der Waals surface area contributed by atoms with Crippen molar-refractivity contribution < 1.29 is 0 Å². The van der Waals surface area contributed by atoms with E-state index in [9.17, 15) is 0 Å². The second-order valence-electron chi connectivity index (χ2n) is 7.35.